The maximum absolute atomic E-state index is 8.94. The van der Waals surface area contributed by atoms with Crippen molar-refractivity contribution in [3.63, 3.8) is 0 Å². The van der Waals surface area contributed by atoms with Gasteiger partial charge in [0.1, 0.15) is 0 Å². The maximum Gasteiger partial charge on any atom is 0.225 e. The highest BCUT2D eigenvalue weighted by Crippen LogP contribution is 2.22. The van der Waals surface area contributed by atoms with E-state index in [-0.39, 0.29) is 0 Å². The Hall–Kier alpha value is -1.16. The summed E-state index contributed by atoms with van der Waals surface area (Å²) in [6.45, 7) is 4.50. The van der Waals surface area contributed by atoms with Gasteiger partial charge in [-0.05, 0) is 37.2 Å². The van der Waals surface area contributed by atoms with Gasteiger partial charge >= 0.3 is 0 Å². The van der Waals surface area contributed by atoms with Crippen LogP contribution in [0.2, 0.25) is 0 Å². The zero-order valence-electron chi connectivity index (χ0n) is 11.2. The Morgan fingerprint density at radius 3 is 2.50 bits per heavy atom. The van der Waals surface area contributed by atoms with Crippen LogP contribution in [0.5, 0.6) is 0 Å². The lowest BCUT2D eigenvalue weighted by atomic mass is 9.94. The fraction of sp³-hybridized carbons (Fsp3) is 0.714. The third-order valence-electron chi connectivity index (χ3n) is 3.67. The summed E-state index contributed by atoms with van der Waals surface area (Å²) in [6, 6.07) is 0. The Morgan fingerprint density at radius 1 is 1.28 bits per heavy atom. The van der Waals surface area contributed by atoms with E-state index in [0.29, 0.717) is 12.5 Å². The van der Waals surface area contributed by atoms with E-state index < -0.39 is 0 Å². The number of anilines is 1. The Morgan fingerprint density at radius 2 is 1.94 bits per heavy atom. The number of aliphatic hydroxyl groups excluding tert-OH is 1. The van der Waals surface area contributed by atoms with Crippen molar-refractivity contribution in [2.75, 3.05) is 24.6 Å². The smallest absolute Gasteiger partial charge is 0.225 e. The van der Waals surface area contributed by atoms with Crippen LogP contribution in [0, 0.1) is 5.92 Å². The van der Waals surface area contributed by atoms with E-state index in [1.807, 2.05) is 12.4 Å². The van der Waals surface area contributed by atoms with Crippen LogP contribution in [-0.2, 0) is 6.42 Å². The molecule has 0 amide bonds. The Balaban J connectivity index is 1.89. The Kier molecular flexibility index (Phi) is 4.93. The summed E-state index contributed by atoms with van der Waals surface area (Å²) in [7, 11) is 0. The molecular formula is C14H23N3O. The second-order valence-electron chi connectivity index (χ2n) is 5.08. The largest absolute Gasteiger partial charge is 0.396 e. The maximum atomic E-state index is 8.94. The Bertz CT molecular complexity index is 345. The van der Waals surface area contributed by atoms with Crippen LogP contribution in [0.1, 0.15) is 38.2 Å². The normalized spacial score (nSPS) is 17.1. The first kappa shape index (κ1) is 13.3. The summed E-state index contributed by atoms with van der Waals surface area (Å²) in [5.41, 5.74) is 1.22. The molecule has 1 aliphatic heterocycles. The van der Waals surface area contributed by atoms with Crippen molar-refractivity contribution in [3.05, 3.63) is 18.0 Å². The van der Waals surface area contributed by atoms with Crippen molar-refractivity contribution >= 4 is 5.95 Å². The van der Waals surface area contributed by atoms with Crippen molar-refractivity contribution in [3.8, 4) is 0 Å². The zero-order valence-corrected chi connectivity index (χ0v) is 11.2. The fourth-order valence-electron chi connectivity index (χ4n) is 2.53. The molecule has 18 heavy (non-hydrogen) atoms. The zero-order chi connectivity index (χ0) is 12.8. The summed E-state index contributed by atoms with van der Waals surface area (Å²) in [5, 5.41) is 8.94. The highest BCUT2D eigenvalue weighted by atomic mass is 16.3. The number of aromatic nitrogens is 2. The number of rotatable bonds is 5. The lowest BCUT2D eigenvalue weighted by Gasteiger charge is -2.31. The second kappa shape index (κ2) is 6.69. The molecule has 1 saturated heterocycles. The third kappa shape index (κ3) is 3.42. The summed E-state index contributed by atoms with van der Waals surface area (Å²) in [5.74, 6) is 1.53. The van der Waals surface area contributed by atoms with E-state index in [4.69, 9.17) is 5.11 Å². The minimum Gasteiger partial charge on any atom is -0.396 e. The molecule has 0 unspecified atom stereocenters. The van der Waals surface area contributed by atoms with Crippen LogP contribution in [-0.4, -0.2) is 34.8 Å². The lowest BCUT2D eigenvalue weighted by molar-refractivity contribution is 0.240. The van der Waals surface area contributed by atoms with Gasteiger partial charge in [0.05, 0.1) is 0 Å². The standard InChI is InChI=1S/C14H23N3O/c1-2-3-13-10-15-14(16-11-13)17-7-4-12(5-8-17)6-9-18/h10-12,18H,2-9H2,1H3. The molecule has 1 aliphatic rings. The highest BCUT2D eigenvalue weighted by Gasteiger charge is 2.20. The molecule has 2 rings (SSSR count). The minimum absolute atomic E-state index is 0.312. The van der Waals surface area contributed by atoms with Crippen LogP contribution >= 0.6 is 0 Å². The summed E-state index contributed by atoms with van der Waals surface area (Å²) >= 11 is 0. The average Bonchev–Trinajstić information content (AvgIpc) is 2.41. The van der Waals surface area contributed by atoms with Gasteiger partial charge in [0, 0.05) is 32.1 Å². The first-order chi connectivity index (χ1) is 8.83. The predicted molar refractivity (Wildman–Crippen MR) is 72.7 cm³/mol. The van der Waals surface area contributed by atoms with E-state index >= 15 is 0 Å². The van der Waals surface area contributed by atoms with E-state index in [0.717, 1.165) is 51.1 Å². The highest BCUT2D eigenvalue weighted by molar-refractivity contribution is 5.30. The van der Waals surface area contributed by atoms with Crippen LogP contribution in [0.15, 0.2) is 12.4 Å². The van der Waals surface area contributed by atoms with Crippen molar-refractivity contribution in [1.29, 1.82) is 0 Å². The van der Waals surface area contributed by atoms with E-state index in [9.17, 15) is 0 Å². The van der Waals surface area contributed by atoms with Crippen molar-refractivity contribution in [1.82, 2.24) is 9.97 Å². The molecule has 2 heterocycles. The van der Waals surface area contributed by atoms with Crippen LogP contribution in [0.3, 0.4) is 0 Å². The van der Waals surface area contributed by atoms with E-state index in [1.165, 1.54) is 5.56 Å². The molecule has 0 radical (unpaired) electrons. The molecule has 0 aliphatic carbocycles. The second-order valence-corrected chi connectivity index (χ2v) is 5.08. The summed E-state index contributed by atoms with van der Waals surface area (Å²) < 4.78 is 0. The van der Waals surface area contributed by atoms with Gasteiger partial charge in [0.15, 0.2) is 0 Å². The van der Waals surface area contributed by atoms with Gasteiger partial charge in [0.2, 0.25) is 5.95 Å². The molecular weight excluding hydrogens is 226 g/mol. The molecule has 1 aromatic heterocycles. The minimum atomic E-state index is 0.312. The fourth-order valence-corrected chi connectivity index (χ4v) is 2.53. The van der Waals surface area contributed by atoms with Crippen LogP contribution < -0.4 is 4.90 Å². The Labute approximate surface area is 109 Å². The molecule has 0 aromatic carbocycles. The average molecular weight is 249 g/mol. The molecule has 1 N–H and O–H groups in total. The molecule has 100 valence electrons. The number of hydrogen-bond acceptors (Lipinski definition) is 4. The van der Waals surface area contributed by atoms with E-state index in [2.05, 4.69) is 21.8 Å². The van der Waals surface area contributed by atoms with Gasteiger partial charge in [-0.1, -0.05) is 13.3 Å². The number of aliphatic hydroxyl groups is 1. The summed E-state index contributed by atoms with van der Waals surface area (Å²) in [4.78, 5) is 11.2. The molecule has 0 spiro atoms. The predicted octanol–water partition coefficient (Wildman–Crippen LogP) is 2.03. The quantitative estimate of drug-likeness (QED) is 0.867. The van der Waals surface area contributed by atoms with Crippen LogP contribution in [0.4, 0.5) is 5.95 Å². The molecule has 0 atom stereocenters. The first-order valence-corrected chi connectivity index (χ1v) is 7.00. The lowest BCUT2D eigenvalue weighted by Crippen LogP contribution is -2.35. The number of hydrogen-bond donors (Lipinski definition) is 1. The van der Waals surface area contributed by atoms with Gasteiger partial charge in [-0.15, -0.1) is 0 Å². The van der Waals surface area contributed by atoms with Gasteiger partial charge in [-0.2, -0.15) is 0 Å². The molecule has 4 heteroatoms. The van der Waals surface area contributed by atoms with Gasteiger partial charge in [-0.25, -0.2) is 9.97 Å². The van der Waals surface area contributed by atoms with Gasteiger partial charge in [0.25, 0.3) is 0 Å². The number of aryl methyl sites for hydroxylation is 1. The first-order valence-electron chi connectivity index (χ1n) is 7.00. The van der Waals surface area contributed by atoms with Crippen molar-refractivity contribution < 1.29 is 5.11 Å². The van der Waals surface area contributed by atoms with Crippen molar-refractivity contribution in [2.24, 2.45) is 5.92 Å². The van der Waals surface area contributed by atoms with Crippen LogP contribution in [0.25, 0.3) is 0 Å². The topological polar surface area (TPSA) is 49.2 Å². The molecule has 0 saturated carbocycles. The van der Waals surface area contributed by atoms with Gasteiger partial charge < -0.3 is 10.0 Å². The number of nitrogens with zero attached hydrogens (tertiary/aromatic N) is 3. The monoisotopic (exact) mass is 249 g/mol. The van der Waals surface area contributed by atoms with E-state index in [1.54, 1.807) is 0 Å². The molecule has 4 nitrogen and oxygen atoms in total. The SMILES string of the molecule is CCCc1cnc(N2CCC(CCO)CC2)nc1. The third-order valence-corrected chi connectivity index (χ3v) is 3.67. The summed E-state index contributed by atoms with van der Waals surface area (Å²) in [6.07, 6.45) is 9.30. The number of piperidine rings is 1. The van der Waals surface area contributed by atoms with Crippen molar-refractivity contribution in [2.45, 2.75) is 39.0 Å². The molecule has 1 aromatic rings. The molecule has 0 bridgehead atoms. The van der Waals surface area contributed by atoms with Gasteiger partial charge in [-0.3, -0.25) is 0 Å². The molecule has 1 fully saturated rings.